The highest BCUT2D eigenvalue weighted by Gasteiger charge is 2.10. The van der Waals surface area contributed by atoms with E-state index in [4.69, 9.17) is 4.74 Å². The number of benzene rings is 1. The number of aryl methyl sites for hydroxylation is 1. The van der Waals surface area contributed by atoms with E-state index in [1.54, 1.807) is 6.08 Å². The van der Waals surface area contributed by atoms with Crippen LogP contribution in [0, 0.1) is 6.92 Å². The Morgan fingerprint density at radius 2 is 2.13 bits per heavy atom. The van der Waals surface area contributed by atoms with E-state index in [1.165, 1.54) is 5.56 Å². The molecule has 0 fully saturated rings. The van der Waals surface area contributed by atoms with Gasteiger partial charge in [-0.3, -0.25) is 0 Å². The maximum atomic E-state index is 5.67. The van der Waals surface area contributed by atoms with Crippen molar-refractivity contribution >= 4 is 0 Å². The third kappa shape index (κ3) is 2.72. The van der Waals surface area contributed by atoms with Crippen LogP contribution in [0.4, 0.5) is 0 Å². The second-order valence-electron chi connectivity index (χ2n) is 3.62. The van der Waals surface area contributed by atoms with E-state index in [0.717, 1.165) is 11.3 Å². The molecule has 1 atom stereocenters. The minimum atomic E-state index is 0.310. The first-order valence-electron chi connectivity index (χ1n) is 5.16. The van der Waals surface area contributed by atoms with Crippen LogP contribution in [-0.4, -0.2) is 6.61 Å². The van der Waals surface area contributed by atoms with Crippen LogP contribution in [0.1, 0.15) is 24.0 Å². The number of ether oxygens (including phenoxy) is 1. The summed E-state index contributed by atoms with van der Waals surface area (Å²) in [5, 5.41) is 0. The van der Waals surface area contributed by atoms with Crippen LogP contribution < -0.4 is 4.74 Å². The molecule has 0 aliphatic carbocycles. The molecule has 1 rings (SSSR count). The molecule has 0 aliphatic rings. The van der Waals surface area contributed by atoms with Crippen molar-refractivity contribution < 1.29 is 4.74 Å². The summed E-state index contributed by atoms with van der Waals surface area (Å²) in [7, 11) is 0. The summed E-state index contributed by atoms with van der Waals surface area (Å²) in [5.41, 5.74) is 2.34. The van der Waals surface area contributed by atoms with Gasteiger partial charge in [0.25, 0.3) is 0 Å². The number of para-hydroxylation sites is 1. The highest BCUT2D eigenvalue weighted by molar-refractivity contribution is 5.44. The molecule has 0 spiro atoms. The van der Waals surface area contributed by atoms with Gasteiger partial charge in [0.2, 0.25) is 0 Å². The molecule has 0 aliphatic heterocycles. The molecule has 0 radical (unpaired) electrons. The van der Waals surface area contributed by atoms with Crippen molar-refractivity contribution in [3.8, 4) is 5.75 Å². The first-order chi connectivity index (χ1) is 7.20. The standard InChI is InChI=1S/C14H18O/c1-5-10-15-14-12(4)8-7-9-13(14)11(3)6-2/h5-9,11H,1-2,10H2,3-4H3. The quantitative estimate of drug-likeness (QED) is 0.659. The molecule has 1 nitrogen and oxygen atoms in total. The Kier molecular flexibility index (Phi) is 4.17. The molecule has 1 aromatic carbocycles. The molecule has 1 heteroatoms. The molecule has 1 unspecified atom stereocenters. The van der Waals surface area contributed by atoms with Crippen LogP contribution in [0.3, 0.4) is 0 Å². The Morgan fingerprint density at radius 3 is 2.73 bits per heavy atom. The van der Waals surface area contributed by atoms with Gasteiger partial charge in [-0.25, -0.2) is 0 Å². The van der Waals surface area contributed by atoms with Crippen LogP contribution >= 0.6 is 0 Å². The first kappa shape index (κ1) is 11.6. The SMILES string of the molecule is C=CCOc1c(C)cccc1C(C)C=C. The summed E-state index contributed by atoms with van der Waals surface area (Å²) < 4.78 is 5.67. The fourth-order valence-corrected chi connectivity index (χ4v) is 1.50. The lowest BCUT2D eigenvalue weighted by molar-refractivity contribution is 0.356. The zero-order chi connectivity index (χ0) is 11.3. The van der Waals surface area contributed by atoms with Crippen LogP contribution in [0.2, 0.25) is 0 Å². The average Bonchev–Trinajstić information content (AvgIpc) is 2.26. The van der Waals surface area contributed by atoms with Crippen molar-refractivity contribution in [3.05, 3.63) is 54.6 Å². The van der Waals surface area contributed by atoms with E-state index in [2.05, 4.69) is 39.1 Å². The number of rotatable bonds is 5. The van der Waals surface area contributed by atoms with Crippen LogP contribution in [0.15, 0.2) is 43.5 Å². The molecule has 0 amide bonds. The topological polar surface area (TPSA) is 9.23 Å². The average molecular weight is 202 g/mol. The van der Waals surface area contributed by atoms with Crippen LogP contribution in [0.5, 0.6) is 5.75 Å². The van der Waals surface area contributed by atoms with Gasteiger partial charge >= 0.3 is 0 Å². The van der Waals surface area contributed by atoms with Crippen molar-refractivity contribution in [2.75, 3.05) is 6.61 Å². The zero-order valence-corrected chi connectivity index (χ0v) is 9.49. The Morgan fingerprint density at radius 1 is 1.40 bits per heavy atom. The van der Waals surface area contributed by atoms with Gasteiger partial charge in [0.1, 0.15) is 12.4 Å². The Bertz CT molecular complexity index is 352. The molecule has 0 saturated carbocycles. The first-order valence-corrected chi connectivity index (χ1v) is 5.16. The van der Waals surface area contributed by atoms with E-state index < -0.39 is 0 Å². The summed E-state index contributed by atoms with van der Waals surface area (Å²) >= 11 is 0. The van der Waals surface area contributed by atoms with Crippen molar-refractivity contribution in [1.82, 2.24) is 0 Å². The molecule has 15 heavy (non-hydrogen) atoms. The van der Waals surface area contributed by atoms with E-state index in [-0.39, 0.29) is 0 Å². The van der Waals surface area contributed by atoms with Crippen molar-refractivity contribution in [2.45, 2.75) is 19.8 Å². The summed E-state index contributed by atoms with van der Waals surface area (Å²) in [6.07, 6.45) is 3.68. The highest BCUT2D eigenvalue weighted by Crippen LogP contribution is 2.30. The third-order valence-corrected chi connectivity index (χ3v) is 2.43. The summed E-state index contributed by atoms with van der Waals surface area (Å²) in [4.78, 5) is 0. The minimum absolute atomic E-state index is 0.310. The molecule has 0 saturated heterocycles. The third-order valence-electron chi connectivity index (χ3n) is 2.43. The predicted octanol–water partition coefficient (Wildman–Crippen LogP) is 3.85. The maximum Gasteiger partial charge on any atom is 0.126 e. The number of hydrogen-bond acceptors (Lipinski definition) is 1. The van der Waals surface area contributed by atoms with E-state index >= 15 is 0 Å². The van der Waals surface area contributed by atoms with Gasteiger partial charge in [-0.1, -0.05) is 43.9 Å². The van der Waals surface area contributed by atoms with Gasteiger partial charge in [-0.15, -0.1) is 6.58 Å². The molecule has 0 aromatic heterocycles. The minimum Gasteiger partial charge on any atom is -0.489 e. The molecule has 0 heterocycles. The highest BCUT2D eigenvalue weighted by atomic mass is 16.5. The Balaban J connectivity index is 3.07. The van der Waals surface area contributed by atoms with E-state index in [1.807, 2.05) is 12.1 Å². The lowest BCUT2D eigenvalue weighted by atomic mass is 9.98. The summed E-state index contributed by atoms with van der Waals surface area (Å²) in [5.74, 6) is 1.27. The molecular weight excluding hydrogens is 184 g/mol. The van der Waals surface area contributed by atoms with Gasteiger partial charge < -0.3 is 4.74 Å². The fourth-order valence-electron chi connectivity index (χ4n) is 1.50. The smallest absolute Gasteiger partial charge is 0.126 e. The van der Waals surface area contributed by atoms with Crippen molar-refractivity contribution in [2.24, 2.45) is 0 Å². The Labute approximate surface area is 92.1 Å². The lowest BCUT2D eigenvalue weighted by Crippen LogP contribution is -2.01. The summed E-state index contributed by atoms with van der Waals surface area (Å²) in [6.45, 7) is 12.2. The largest absolute Gasteiger partial charge is 0.489 e. The van der Waals surface area contributed by atoms with Crippen LogP contribution in [-0.2, 0) is 0 Å². The van der Waals surface area contributed by atoms with Crippen LogP contribution in [0.25, 0.3) is 0 Å². The van der Waals surface area contributed by atoms with Crippen molar-refractivity contribution in [1.29, 1.82) is 0 Å². The zero-order valence-electron chi connectivity index (χ0n) is 9.49. The molecule has 0 bridgehead atoms. The fraction of sp³-hybridized carbons (Fsp3) is 0.286. The molecule has 80 valence electrons. The molecule has 0 N–H and O–H groups in total. The van der Waals surface area contributed by atoms with Gasteiger partial charge in [-0.05, 0) is 12.5 Å². The van der Waals surface area contributed by atoms with E-state index in [0.29, 0.717) is 12.5 Å². The van der Waals surface area contributed by atoms with Gasteiger partial charge in [0.15, 0.2) is 0 Å². The second-order valence-corrected chi connectivity index (χ2v) is 3.62. The summed E-state index contributed by atoms with van der Waals surface area (Å²) in [6, 6.07) is 6.18. The normalized spacial score (nSPS) is 11.9. The lowest BCUT2D eigenvalue weighted by Gasteiger charge is -2.15. The van der Waals surface area contributed by atoms with E-state index in [9.17, 15) is 0 Å². The van der Waals surface area contributed by atoms with Gasteiger partial charge in [0, 0.05) is 11.5 Å². The monoisotopic (exact) mass is 202 g/mol. The number of hydrogen-bond donors (Lipinski definition) is 0. The number of allylic oxidation sites excluding steroid dienone is 1. The molecular formula is C14H18O. The van der Waals surface area contributed by atoms with Gasteiger partial charge in [-0.2, -0.15) is 0 Å². The molecule has 1 aromatic rings. The van der Waals surface area contributed by atoms with Crippen molar-refractivity contribution in [3.63, 3.8) is 0 Å². The Hall–Kier alpha value is -1.50. The predicted molar refractivity (Wildman–Crippen MR) is 65.5 cm³/mol. The maximum absolute atomic E-state index is 5.67. The van der Waals surface area contributed by atoms with Gasteiger partial charge in [0.05, 0.1) is 0 Å². The second kappa shape index (κ2) is 5.40.